The quantitative estimate of drug-likeness (QED) is 0.440. The average Bonchev–Trinajstić information content (AvgIpc) is 3.38. The van der Waals surface area contributed by atoms with E-state index in [4.69, 9.17) is 9.15 Å². The summed E-state index contributed by atoms with van der Waals surface area (Å²) in [6, 6.07) is 7.54. The predicted octanol–water partition coefficient (Wildman–Crippen LogP) is 3.95. The van der Waals surface area contributed by atoms with Crippen molar-refractivity contribution >= 4 is 17.7 Å². The minimum Gasteiger partial charge on any atom is -0.467 e. The number of carbonyl (C=O) groups is 1. The van der Waals surface area contributed by atoms with Crippen LogP contribution in [-0.4, -0.2) is 37.6 Å². The van der Waals surface area contributed by atoms with Gasteiger partial charge in [0.2, 0.25) is 0 Å². The number of ether oxygens (including phenoxy) is 1. The highest BCUT2D eigenvalue weighted by atomic mass is 32.2. The number of pyridine rings is 1. The number of hydrogen-bond acceptors (Lipinski definition) is 7. The first-order chi connectivity index (χ1) is 13.8. The molecule has 0 unspecified atom stereocenters. The van der Waals surface area contributed by atoms with E-state index in [9.17, 15) is 4.79 Å². The van der Waals surface area contributed by atoms with E-state index in [1.54, 1.807) is 18.7 Å². The Hall–Kier alpha value is -2.61. The lowest BCUT2D eigenvalue weighted by Gasteiger charge is -2.21. The van der Waals surface area contributed by atoms with Gasteiger partial charge in [-0.3, -0.25) is 14.3 Å². The Morgan fingerprint density at radius 1 is 1.21 bits per heavy atom. The van der Waals surface area contributed by atoms with Crippen LogP contribution in [0.3, 0.4) is 0 Å². The van der Waals surface area contributed by atoms with E-state index in [-0.39, 0.29) is 17.8 Å². The largest absolute Gasteiger partial charge is 0.467 e. The van der Waals surface area contributed by atoms with Gasteiger partial charge >= 0.3 is 5.97 Å². The fourth-order valence-corrected chi connectivity index (χ4v) is 4.05. The fourth-order valence-electron chi connectivity index (χ4n) is 3.33. The van der Waals surface area contributed by atoms with Crippen LogP contribution in [0.15, 0.2) is 52.5 Å². The Morgan fingerprint density at radius 3 is 2.86 bits per heavy atom. The monoisotopic (exact) mass is 398 g/mol. The number of esters is 1. The minimum absolute atomic E-state index is 0.0637. The molecular weight excluding hydrogens is 376 g/mol. The van der Waals surface area contributed by atoms with Gasteiger partial charge in [-0.05, 0) is 49.9 Å². The highest BCUT2D eigenvalue weighted by Gasteiger charge is 2.20. The fraction of sp³-hybridized carbons (Fsp3) is 0.400. The number of rotatable bonds is 7. The molecule has 0 amide bonds. The van der Waals surface area contributed by atoms with Crippen molar-refractivity contribution in [2.24, 2.45) is 0 Å². The number of hydrogen-bond donors (Lipinski definition) is 0. The molecule has 1 aliphatic carbocycles. The van der Waals surface area contributed by atoms with Crippen LogP contribution < -0.4 is 0 Å². The van der Waals surface area contributed by atoms with Crippen LogP contribution in [-0.2, 0) is 16.1 Å². The summed E-state index contributed by atoms with van der Waals surface area (Å²) >= 11 is 1.33. The number of aromatic nitrogens is 4. The van der Waals surface area contributed by atoms with Gasteiger partial charge in [-0.25, -0.2) is 0 Å². The van der Waals surface area contributed by atoms with E-state index in [2.05, 4.69) is 15.2 Å². The zero-order valence-corrected chi connectivity index (χ0v) is 16.3. The maximum Gasteiger partial charge on any atom is 0.316 e. The minimum atomic E-state index is -0.202. The molecule has 0 atom stereocenters. The topological polar surface area (TPSA) is 83.0 Å². The van der Waals surface area contributed by atoms with Gasteiger partial charge in [-0.1, -0.05) is 18.2 Å². The van der Waals surface area contributed by atoms with Gasteiger partial charge in [0.05, 0.1) is 18.6 Å². The van der Waals surface area contributed by atoms with Gasteiger partial charge in [0.25, 0.3) is 0 Å². The van der Waals surface area contributed by atoms with Crippen molar-refractivity contribution in [2.45, 2.75) is 49.9 Å². The van der Waals surface area contributed by atoms with E-state index in [1.807, 2.05) is 28.8 Å². The van der Waals surface area contributed by atoms with Crippen molar-refractivity contribution in [1.29, 1.82) is 0 Å². The molecule has 0 aromatic carbocycles. The van der Waals surface area contributed by atoms with Crippen molar-refractivity contribution in [3.8, 4) is 11.4 Å². The van der Waals surface area contributed by atoms with Gasteiger partial charge in [0.15, 0.2) is 11.0 Å². The third kappa shape index (κ3) is 4.62. The molecule has 146 valence electrons. The average molecular weight is 398 g/mol. The van der Waals surface area contributed by atoms with Gasteiger partial charge in [0.1, 0.15) is 11.9 Å². The SMILES string of the molecule is O=C(CSc1nnc(-c2cccnc2)n1Cc1ccco1)OC1CCCCC1. The van der Waals surface area contributed by atoms with Crippen molar-refractivity contribution < 1.29 is 13.9 Å². The summed E-state index contributed by atoms with van der Waals surface area (Å²) < 4.78 is 13.0. The molecule has 0 aliphatic heterocycles. The summed E-state index contributed by atoms with van der Waals surface area (Å²) in [4.78, 5) is 16.4. The van der Waals surface area contributed by atoms with Crippen LogP contribution in [0.4, 0.5) is 0 Å². The van der Waals surface area contributed by atoms with Crippen LogP contribution in [0.2, 0.25) is 0 Å². The Morgan fingerprint density at radius 2 is 2.11 bits per heavy atom. The lowest BCUT2D eigenvalue weighted by atomic mass is 9.98. The molecule has 1 saturated carbocycles. The van der Waals surface area contributed by atoms with E-state index in [1.165, 1.54) is 18.2 Å². The maximum atomic E-state index is 12.3. The van der Waals surface area contributed by atoms with E-state index in [0.717, 1.165) is 37.0 Å². The van der Waals surface area contributed by atoms with Crippen LogP contribution >= 0.6 is 11.8 Å². The highest BCUT2D eigenvalue weighted by molar-refractivity contribution is 7.99. The summed E-state index contributed by atoms with van der Waals surface area (Å²) in [6.07, 6.45) is 10.6. The molecule has 28 heavy (non-hydrogen) atoms. The molecule has 0 spiro atoms. The summed E-state index contributed by atoms with van der Waals surface area (Å²) in [5, 5.41) is 9.26. The molecule has 3 aromatic heterocycles. The summed E-state index contributed by atoms with van der Waals surface area (Å²) in [5.74, 6) is 1.48. The predicted molar refractivity (Wildman–Crippen MR) is 105 cm³/mol. The molecule has 0 N–H and O–H groups in total. The number of nitrogens with zero attached hydrogens (tertiary/aromatic N) is 4. The van der Waals surface area contributed by atoms with Crippen LogP contribution in [0.5, 0.6) is 0 Å². The molecular formula is C20H22N4O3S. The molecule has 4 rings (SSSR count). The second-order valence-corrected chi connectivity index (χ2v) is 7.69. The van der Waals surface area contributed by atoms with E-state index >= 15 is 0 Å². The molecule has 1 aliphatic rings. The molecule has 8 heteroatoms. The van der Waals surface area contributed by atoms with Crippen molar-refractivity contribution in [3.63, 3.8) is 0 Å². The normalized spacial score (nSPS) is 14.9. The zero-order valence-electron chi connectivity index (χ0n) is 15.5. The van der Waals surface area contributed by atoms with Crippen LogP contribution in [0.25, 0.3) is 11.4 Å². The third-order valence-electron chi connectivity index (χ3n) is 4.70. The first-order valence-corrected chi connectivity index (χ1v) is 10.5. The Balaban J connectivity index is 1.48. The molecule has 7 nitrogen and oxygen atoms in total. The van der Waals surface area contributed by atoms with E-state index < -0.39 is 0 Å². The molecule has 3 heterocycles. The number of furan rings is 1. The number of carbonyl (C=O) groups excluding carboxylic acids is 1. The maximum absolute atomic E-state index is 12.3. The van der Waals surface area contributed by atoms with E-state index in [0.29, 0.717) is 17.5 Å². The second-order valence-electron chi connectivity index (χ2n) is 6.75. The first kappa shape index (κ1) is 18.7. The summed E-state index contributed by atoms with van der Waals surface area (Å²) in [5.41, 5.74) is 0.859. The molecule has 0 bridgehead atoms. The van der Waals surface area contributed by atoms with Crippen molar-refractivity contribution in [2.75, 3.05) is 5.75 Å². The third-order valence-corrected chi connectivity index (χ3v) is 5.64. The standard InChI is InChI=1S/C20H22N4O3S/c25-18(27-16-7-2-1-3-8-16)14-28-20-23-22-19(15-6-4-10-21-12-15)24(20)13-17-9-5-11-26-17/h4-6,9-12,16H,1-3,7-8,13-14H2. The summed E-state index contributed by atoms with van der Waals surface area (Å²) in [6.45, 7) is 0.476. The Labute approximate surface area is 167 Å². The second kappa shape index (κ2) is 9.05. The smallest absolute Gasteiger partial charge is 0.316 e. The molecule has 3 aromatic rings. The molecule has 1 fully saturated rings. The Bertz CT molecular complexity index is 890. The van der Waals surface area contributed by atoms with Crippen LogP contribution in [0, 0.1) is 0 Å². The highest BCUT2D eigenvalue weighted by Crippen LogP contribution is 2.26. The molecule has 0 radical (unpaired) electrons. The lowest BCUT2D eigenvalue weighted by Crippen LogP contribution is -2.22. The lowest BCUT2D eigenvalue weighted by molar-refractivity contribution is -0.147. The summed E-state index contributed by atoms with van der Waals surface area (Å²) in [7, 11) is 0. The van der Waals surface area contributed by atoms with Crippen LogP contribution in [0.1, 0.15) is 37.9 Å². The van der Waals surface area contributed by atoms with Gasteiger partial charge in [0, 0.05) is 18.0 Å². The zero-order chi connectivity index (χ0) is 19.2. The Kier molecular flexibility index (Phi) is 6.06. The van der Waals surface area contributed by atoms with Crippen molar-refractivity contribution in [3.05, 3.63) is 48.7 Å². The first-order valence-electron chi connectivity index (χ1n) is 9.48. The van der Waals surface area contributed by atoms with Gasteiger partial charge < -0.3 is 9.15 Å². The van der Waals surface area contributed by atoms with Crippen molar-refractivity contribution in [1.82, 2.24) is 19.7 Å². The molecule has 0 saturated heterocycles. The van der Waals surface area contributed by atoms with Gasteiger partial charge in [-0.15, -0.1) is 10.2 Å². The number of thioether (sulfide) groups is 1. The van der Waals surface area contributed by atoms with Gasteiger partial charge in [-0.2, -0.15) is 0 Å².